The topological polar surface area (TPSA) is 93.5 Å². The van der Waals surface area contributed by atoms with Gasteiger partial charge in [0.1, 0.15) is 17.3 Å². The fourth-order valence-electron chi connectivity index (χ4n) is 3.99. The van der Waals surface area contributed by atoms with Crippen LogP contribution in [-0.4, -0.2) is 34.7 Å². The van der Waals surface area contributed by atoms with Crippen molar-refractivity contribution < 1.29 is 23.2 Å². The predicted molar refractivity (Wildman–Crippen MR) is 97.7 cm³/mol. The molecule has 148 valence electrons. The SMILES string of the molecule is CCc1cc(C(=O)NC23CC(NC(=O)COc4ccc(Cl)c(F)c4)(C2)C3)no1. The minimum absolute atomic E-state index is 0.00504. The molecular formula is C19H19ClFN3O4. The second-order valence-electron chi connectivity index (χ2n) is 7.49. The molecule has 2 aromatic rings. The van der Waals surface area contributed by atoms with Crippen LogP contribution >= 0.6 is 11.6 Å². The van der Waals surface area contributed by atoms with Gasteiger partial charge in [-0.3, -0.25) is 9.59 Å². The van der Waals surface area contributed by atoms with Gasteiger partial charge in [0.05, 0.1) is 5.02 Å². The van der Waals surface area contributed by atoms with Gasteiger partial charge >= 0.3 is 0 Å². The van der Waals surface area contributed by atoms with Crippen molar-refractivity contribution in [3.05, 3.63) is 46.6 Å². The third-order valence-corrected chi connectivity index (χ3v) is 5.52. The van der Waals surface area contributed by atoms with Crippen LogP contribution in [0.25, 0.3) is 0 Å². The number of carbonyl (C=O) groups excluding carboxylic acids is 2. The molecule has 3 saturated carbocycles. The molecule has 1 aromatic carbocycles. The van der Waals surface area contributed by atoms with Crippen LogP contribution in [0.3, 0.4) is 0 Å². The highest BCUT2D eigenvalue weighted by Crippen LogP contribution is 2.60. The number of rotatable bonds is 7. The van der Waals surface area contributed by atoms with Crippen LogP contribution in [-0.2, 0) is 11.2 Å². The molecule has 7 nitrogen and oxygen atoms in total. The molecule has 0 unspecified atom stereocenters. The predicted octanol–water partition coefficient (Wildman–Crippen LogP) is 2.63. The maximum absolute atomic E-state index is 13.4. The third-order valence-electron chi connectivity index (χ3n) is 5.21. The third kappa shape index (κ3) is 3.44. The van der Waals surface area contributed by atoms with Crippen LogP contribution in [0.15, 0.2) is 28.8 Å². The molecule has 0 saturated heterocycles. The van der Waals surface area contributed by atoms with Crippen LogP contribution in [0.2, 0.25) is 5.02 Å². The summed E-state index contributed by atoms with van der Waals surface area (Å²) >= 11 is 5.61. The van der Waals surface area contributed by atoms with Gasteiger partial charge in [-0.25, -0.2) is 4.39 Å². The van der Waals surface area contributed by atoms with Crippen molar-refractivity contribution in [3.8, 4) is 5.75 Å². The van der Waals surface area contributed by atoms with E-state index in [1.165, 1.54) is 12.1 Å². The van der Waals surface area contributed by atoms with Gasteiger partial charge in [-0.1, -0.05) is 23.7 Å². The summed E-state index contributed by atoms with van der Waals surface area (Å²) in [6, 6.07) is 5.64. The Labute approximate surface area is 165 Å². The molecule has 0 aliphatic heterocycles. The lowest BCUT2D eigenvalue weighted by atomic mass is 9.44. The van der Waals surface area contributed by atoms with E-state index in [4.69, 9.17) is 20.9 Å². The van der Waals surface area contributed by atoms with Gasteiger partial charge in [-0.2, -0.15) is 0 Å². The number of hydrogen-bond acceptors (Lipinski definition) is 5. The highest BCUT2D eigenvalue weighted by molar-refractivity contribution is 6.30. The Kier molecular flexibility index (Phi) is 4.53. The molecule has 0 atom stereocenters. The zero-order valence-electron chi connectivity index (χ0n) is 15.2. The van der Waals surface area contributed by atoms with E-state index in [1.807, 2.05) is 6.92 Å². The Morgan fingerprint density at radius 2 is 1.96 bits per heavy atom. The first-order valence-corrected chi connectivity index (χ1v) is 9.37. The van der Waals surface area contributed by atoms with Crippen LogP contribution < -0.4 is 15.4 Å². The number of benzene rings is 1. The first-order valence-electron chi connectivity index (χ1n) is 8.99. The summed E-state index contributed by atoms with van der Waals surface area (Å²) < 4.78 is 23.7. The molecule has 3 aliphatic carbocycles. The Bertz CT molecular complexity index is 925. The maximum Gasteiger partial charge on any atom is 0.273 e. The molecule has 5 rings (SSSR count). The highest BCUT2D eigenvalue weighted by Gasteiger charge is 2.69. The van der Waals surface area contributed by atoms with E-state index >= 15 is 0 Å². The number of aromatic nitrogens is 1. The monoisotopic (exact) mass is 407 g/mol. The van der Waals surface area contributed by atoms with E-state index in [9.17, 15) is 14.0 Å². The van der Waals surface area contributed by atoms with Gasteiger partial charge in [-0.05, 0) is 31.4 Å². The number of halogens is 2. The van der Waals surface area contributed by atoms with Gasteiger partial charge in [-0.15, -0.1) is 0 Å². The van der Waals surface area contributed by atoms with Crippen molar-refractivity contribution in [2.45, 2.75) is 43.7 Å². The van der Waals surface area contributed by atoms with E-state index in [-0.39, 0.29) is 46.0 Å². The minimum Gasteiger partial charge on any atom is -0.484 e. The summed E-state index contributed by atoms with van der Waals surface area (Å²) in [6.07, 6.45) is 2.65. The van der Waals surface area contributed by atoms with Crippen molar-refractivity contribution in [2.24, 2.45) is 0 Å². The van der Waals surface area contributed by atoms with Gasteiger partial charge in [0.2, 0.25) is 0 Å². The van der Waals surface area contributed by atoms with Crippen LogP contribution in [0.5, 0.6) is 5.75 Å². The first-order chi connectivity index (χ1) is 13.3. The molecule has 3 fully saturated rings. The van der Waals surface area contributed by atoms with Gasteiger partial charge in [0.15, 0.2) is 12.3 Å². The van der Waals surface area contributed by atoms with Crippen LogP contribution in [0.4, 0.5) is 4.39 Å². The second-order valence-corrected chi connectivity index (χ2v) is 7.90. The van der Waals surface area contributed by atoms with Crippen molar-refractivity contribution in [2.75, 3.05) is 6.61 Å². The normalized spacial score (nSPS) is 24.7. The zero-order chi connectivity index (χ0) is 19.9. The molecule has 0 spiro atoms. The standard InChI is InChI=1S/C19H19ClFN3O4/c1-2-11-6-15(24-28-11)17(26)23-19-8-18(9-19,10-19)22-16(25)7-27-12-3-4-13(20)14(21)5-12/h3-6H,2,7-10H2,1H3,(H,22,25)(H,23,26). The van der Waals surface area contributed by atoms with Gasteiger partial charge in [0, 0.05) is 29.6 Å². The summed E-state index contributed by atoms with van der Waals surface area (Å²) in [6.45, 7) is 1.70. The fourth-order valence-corrected chi connectivity index (χ4v) is 4.11. The molecule has 28 heavy (non-hydrogen) atoms. The lowest BCUT2D eigenvalue weighted by molar-refractivity contribution is -0.141. The first kappa shape index (κ1) is 18.7. The summed E-state index contributed by atoms with van der Waals surface area (Å²) in [4.78, 5) is 24.4. The summed E-state index contributed by atoms with van der Waals surface area (Å²) in [5.74, 6) is -0.269. The smallest absolute Gasteiger partial charge is 0.273 e. The molecule has 1 heterocycles. The van der Waals surface area contributed by atoms with E-state index < -0.39 is 5.82 Å². The minimum atomic E-state index is -0.602. The molecule has 2 bridgehead atoms. The molecule has 3 aliphatic rings. The molecule has 2 amide bonds. The van der Waals surface area contributed by atoms with Gasteiger partial charge in [0.25, 0.3) is 11.8 Å². The Balaban J connectivity index is 1.23. The summed E-state index contributed by atoms with van der Waals surface area (Å²) in [5.41, 5.74) is -0.337. The lowest BCUT2D eigenvalue weighted by Crippen LogP contribution is -2.84. The molecule has 0 radical (unpaired) electrons. The maximum atomic E-state index is 13.4. The Morgan fingerprint density at radius 3 is 2.61 bits per heavy atom. The molecule has 9 heteroatoms. The second kappa shape index (κ2) is 6.77. The van der Waals surface area contributed by atoms with E-state index in [0.717, 1.165) is 6.07 Å². The zero-order valence-corrected chi connectivity index (χ0v) is 15.9. The number of aryl methyl sites for hydroxylation is 1. The van der Waals surface area contributed by atoms with Crippen LogP contribution in [0.1, 0.15) is 42.4 Å². The average Bonchev–Trinajstić information content (AvgIpc) is 3.09. The van der Waals surface area contributed by atoms with E-state index in [1.54, 1.807) is 6.07 Å². The number of hydrogen-bond donors (Lipinski definition) is 2. The van der Waals surface area contributed by atoms with Crippen molar-refractivity contribution in [3.63, 3.8) is 0 Å². The number of nitrogens with zero attached hydrogens (tertiary/aromatic N) is 1. The Hall–Kier alpha value is -2.61. The van der Waals surface area contributed by atoms with Crippen molar-refractivity contribution in [1.82, 2.24) is 15.8 Å². The van der Waals surface area contributed by atoms with Crippen LogP contribution in [0, 0.1) is 5.82 Å². The number of ether oxygens (including phenoxy) is 1. The van der Waals surface area contributed by atoms with E-state index in [0.29, 0.717) is 31.4 Å². The molecule has 1 aromatic heterocycles. The Morgan fingerprint density at radius 1 is 1.25 bits per heavy atom. The molecule has 2 N–H and O–H groups in total. The number of nitrogens with one attached hydrogen (secondary N) is 2. The molecular weight excluding hydrogens is 389 g/mol. The number of carbonyl (C=O) groups is 2. The number of amides is 2. The van der Waals surface area contributed by atoms with E-state index in [2.05, 4.69) is 15.8 Å². The quantitative estimate of drug-likeness (QED) is 0.736. The summed E-state index contributed by atoms with van der Waals surface area (Å²) in [5, 5.41) is 9.68. The summed E-state index contributed by atoms with van der Waals surface area (Å²) in [7, 11) is 0. The van der Waals surface area contributed by atoms with Gasteiger partial charge < -0.3 is 19.9 Å². The lowest BCUT2D eigenvalue weighted by Gasteiger charge is -2.70. The highest BCUT2D eigenvalue weighted by atomic mass is 35.5. The van der Waals surface area contributed by atoms with Crippen molar-refractivity contribution >= 4 is 23.4 Å². The fraction of sp³-hybridized carbons (Fsp3) is 0.421. The largest absolute Gasteiger partial charge is 0.484 e. The van der Waals surface area contributed by atoms with Crippen molar-refractivity contribution in [1.29, 1.82) is 0 Å². The average molecular weight is 408 g/mol.